The van der Waals surface area contributed by atoms with Crippen LogP contribution < -0.4 is 5.48 Å². The second kappa shape index (κ2) is 7.31. The first-order valence-electron chi connectivity index (χ1n) is 9.68. The van der Waals surface area contributed by atoms with Crippen molar-refractivity contribution in [2.75, 3.05) is 6.54 Å². The molecule has 1 aliphatic heterocycles. The van der Waals surface area contributed by atoms with E-state index in [0.29, 0.717) is 30.3 Å². The van der Waals surface area contributed by atoms with Gasteiger partial charge in [-0.3, -0.25) is 19.6 Å². The molecule has 0 aromatic carbocycles. The summed E-state index contributed by atoms with van der Waals surface area (Å²) in [5.74, 6) is -0.782. The molecule has 0 radical (unpaired) electrons. The minimum absolute atomic E-state index is 0.0342. The molecule has 1 spiro atoms. The number of nitrogens with one attached hydrogen (secondary N) is 1. The second-order valence-electron chi connectivity index (χ2n) is 8.36. The van der Waals surface area contributed by atoms with Gasteiger partial charge in [0.15, 0.2) is 5.01 Å². The number of amides is 2. The van der Waals surface area contributed by atoms with Crippen LogP contribution in [0.3, 0.4) is 0 Å². The number of hydrogen-bond donors (Lipinski definition) is 2. The van der Waals surface area contributed by atoms with Crippen molar-refractivity contribution in [3.63, 3.8) is 0 Å². The van der Waals surface area contributed by atoms with Crippen molar-refractivity contribution in [1.82, 2.24) is 15.4 Å². The van der Waals surface area contributed by atoms with Gasteiger partial charge in [0.2, 0.25) is 17.6 Å². The smallest absolute Gasteiger partial charge is 0.244 e. The van der Waals surface area contributed by atoms with Gasteiger partial charge < -0.3 is 4.90 Å². The van der Waals surface area contributed by atoms with E-state index in [1.807, 2.05) is 0 Å². The molecular formula is C19H25N3O4S. The van der Waals surface area contributed by atoms with Crippen molar-refractivity contribution >= 4 is 28.9 Å². The third-order valence-corrected chi connectivity index (χ3v) is 7.23. The van der Waals surface area contributed by atoms with Gasteiger partial charge in [0.05, 0.1) is 6.04 Å². The standard InChI is InChI=1S/C19H25N3O4S/c23-15(21-26)9-13(8-12-2-1-3-12)18(25)22-11-19(4-5-19)10-14(22)16(24)17-20-6-7-27-17/h6-7,12-14,26H,1-5,8-11H2,(H,21,23)/t13-,14+/m1/s1. The molecule has 8 heteroatoms. The highest BCUT2D eigenvalue weighted by Gasteiger charge is 2.56. The zero-order valence-electron chi connectivity index (χ0n) is 15.2. The van der Waals surface area contributed by atoms with Crippen LogP contribution in [-0.4, -0.2) is 45.3 Å². The van der Waals surface area contributed by atoms with E-state index in [9.17, 15) is 14.4 Å². The van der Waals surface area contributed by atoms with Crippen LogP contribution in [0.15, 0.2) is 11.6 Å². The zero-order chi connectivity index (χ0) is 19.0. The van der Waals surface area contributed by atoms with Crippen molar-refractivity contribution in [2.45, 2.75) is 57.4 Å². The van der Waals surface area contributed by atoms with Crippen LogP contribution in [0.2, 0.25) is 0 Å². The molecule has 1 aromatic rings. The molecule has 7 nitrogen and oxygen atoms in total. The minimum atomic E-state index is -0.546. The predicted octanol–water partition coefficient (Wildman–Crippen LogP) is 2.41. The summed E-state index contributed by atoms with van der Waals surface area (Å²) in [6.45, 7) is 0.593. The molecule has 27 heavy (non-hydrogen) atoms. The van der Waals surface area contributed by atoms with Crippen molar-refractivity contribution in [1.29, 1.82) is 0 Å². The molecule has 3 fully saturated rings. The maximum atomic E-state index is 13.4. The lowest BCUT2D eigenvalue weighted by atomic mass is 9.77. The van der Waals surface area contributed by atoms with Crippen LogP contribution in [-0.2, 0) is 9.59 Å². The monoisotopic (exact) mass is 391 g/mol. The molecule has 1 aromatic heterocycles. The van der Waals surface area contributed by atoms with Gasteiger partial charge >= 0.3 is 0 Å². The molecule has 2 saturated carbocycles. The summed E-state index contributed by atoms with van der Waals surface area (Å²) in [4.78, 5) is 43.9. The Morgan fingerprint density at radius 3 is 2.70 bits per heavy atom. The average Bonchev–Trinajstić information content (AvgIpc) is 3.04. The van der Waals surface area contributed by atoms with Gasteiger partial charge in [-0.2, -0.15) is 0 Å². The summed E-state index contributed by atoms with van der Waals surface area (Å²) in [6, 6.07) is -0.479. The second-order valence-corrected chi connectivity index (χ2v) is 9.25. The first kappa shape index (κ1) is 18.6. The van der Waals surface area contributed by atoms with E-state index in [4.69, 9.17) is 5.21 Å². The summed E-state index contributed by atoms with van der Waals surface area (Å²) in [6.07, 6.45) is 8.32. The number of likely N-dealkylation sites (tertiary alicyclic amines) is 1. The Morgan fingerprint density at radius 2 is 2.15 bits per heavy atom. The van der Waals surface area contributed by atoms with Crippen molar-refractivity contribution in [2.24, 2.45) is 17.3 Å². The fourth-order valence-corrected chi connectivity index (χ4v) is 5.08. The van der Waals surface area contributed by atoms with Crippen LogP contribution in [0, 0.1) is 17.3 Å². The Morgan fingerprint density at radius 1 is 1.37 bits per heavy atom. The van der Waals surface area contributed by atoms with Crippen LogP contribution >= 0.6 is 11.3 Å². The summed E-state index contributed by atoms with van der Waals surface area (Å²) < 4.78 is 0. The lowest BCUT2D eigenvalue weighted by Crippen LogP contribution is -2.45. The van der Waals surface area contributed by atoms with Gasteiger partial charge in [-0.05, 0) is 37.0 Å². The average molecular weight is 391 g/mol. The highest BCUT2D eigenvalue weighted by Crippen LogP contribution is 2.55. The van der Waals surface area contributed by atoms with Crippen molar-refractivity contribution < 1.29 is 19.6 Å². The van der Waals surface area contributed by atoms with E-state index in [1.54, 1.807) is 22.0 Å². The number of rotatable bonds is 7. The van der Waals surface area contributed by atoms with Crippen molar-refractivity contribution in [3.8, 4) is 0 Å². The normalized spacial score (nSPS) is 24.5. The van der Waals surface area contributed by atoms with E-state index in [-0.39, 0.29) is 23.5 Å². The molecule has 4 rings (SSSR count). The molecule has 2 heterocycles. The molecule has 2 aliphatic carbocycles. The number of ketones is 1. The van der Waals surface area contributed by atoms with Gasteiger partial charge in [-0.25, -0.2) is 10.5 Å². The molecule has 0 bridgehead atoms. The van der Waals surface area contributed by atoms with Gasteiger partial charge in [-0.15, -0.1) is 11.3 Å². The van der Waals surface area contributed by atoms with Crippen molar-refractivity contribution in [3.05, 3.63) is 16.6 Å². The number of carbonyl (C=O) groups is 3. The molecule has 0 unspecified atom stereocenters. The maximum absolute atomic E-state index is 13.4. The fourth-order valence-electron chi connectivity index (χ4n) is 4.46. The van der Waals surface area contributed by atoms with Gasteiger partial charge in [0, 0.05) is 30.5 Å². The van der Waals surface area contributed by atoms with Gasteiger partial charge in [0.1, 0.15) is 0 Å². The quantitative estimate of drug-likeness (QED) is 0.422. The number of nitrogens with zero attached hydrogens (tertiary/aromatic N) is 2. The Balaban J connectivity index is 1.54. The molecule has 2 atom stereocenters. The van der Waals surface area contributed by atoms with Gasteiger partial charge in [0.25, 0.3) is 0 Å². The topological polar surface area (TPSA) is 99.6 Å². The number of aromatic nitrogens is 1. The first-order chi connectivity index (χ1) is 13.0. The summed E-state index contributed by atoms with van der Waals surface area (Å²) in [5.41, 5.74) is 1.73. The van der Waals surface area contributed by atoms with E-state index in [2.05, 4.69) is 4.98 Å². The Kier molecular flexibility index (Phi) is 5.03. The Bertz CT molecular complexity index is 727. The lowest BCUT2D eigenvalue weighted by Gasteiger charge is -2.32. The number of thiazole rings is 1. The van der Waals surface area contributed by atoms with Crippen LogP contribution in [0.25, 0.3) is 0 Å². The minimum Gasteiger partial charge on any atom is -0.331 e. The summed E-state index contributed by atoms with van der Waals surface area (Å²) in [5, 5.41) is 11.1. The maximum Gasteiger partial charge on any atom is 0.244 e. The van der Waals surface area contributed by atoms with E-state index < -0.39 is 17.9 Å². The third-order valence-electron chi connectivity index (χ3n) is 6.44. The highest BCUT2D eigenvalue weighted by molar-refractivity contribution is 7.11. The lowest BCUT2D eigenvalue weighted by molar-refractivity contribution is -0.141. The number of hydroxylamine groups is 1. The van der Waals surface area contributed by atoms with Crippen LogP contribution in [0.5, 0.6) is 0 Å². The molecule has 2 amide bonds. The zero-order valence-corrected chi connectivity index (χ0v) is 16.0. The van der Waals surface area contributed by atoms with E-state index in [0.717, 1.165) is 32.1 Å². The summed E-state index contributed by atoms with van der Waals surface area (Å²) >= 11 is 1.30. The first-order valence-corrected chi connectivity index (χ1v) is 10.6. The molecule has 3 aliphatic rings. The number of Topliss-reactive ketones (excluding diaryl/α,β-unsaturated/α-hetero) is 1. The molecular weight excluding hydrogens is 366 g/mol. The molecule has 146 valence electrons. The summed E-state index contributed by atoms with van der Waals surface area (Å²) in [7, 11) is 0. The largest absolute Gasteiger partial charge is 0.331 e. The third kappa shape index (κ3) is 3.78. The Hall–Kier alpha value is -1.80. The fraction of sp³-hybridized carbons (Fsp3) is 0.684. The Labute approximate surface area is 162 Å². The van der Waals surface area contributed by atoms with Crippen LogP contribution in [0.4, 0.5) is 0 Å². The molecule has 2 N–H and O–H groups in total. The highest BCUT2D eigenvalue weighted by atomic mass is 32.1. The van der Waals surface area contributed by atoms with Gasteiger partial charge in [-0.1, -0.05) is 19.3 Å². The molecule has 1 saturated heterocycles. The van der Waals surface area contributed by atoms with E-state index >= 15 is 0 Å². The SMILES string of the molecule is O=C(C[C@@H](CC1CCC1)C(=O)N1CC2(CC2)C[C@H]1C(=O)c1nccs1)NO. The number of hydrogen-bond acceptors (Lipinski definition) is 6. The van der Waals surface area contributed by atoms with Crippen LogP contribution in [0.1, 0.15) is 61.2 Å². The number of carbonyl (C=O) groups excluding carboxylic acids is 3. The predicted molar refractivity (Wildman–Crippen MR) is 98.2 cm³/mol. The van der Waals surface area contributed by atoms with E-state index in [1.165, 1.54) is 11.3 Å².